The largest absolute Gasteiger partial charge is 0.370 e. The zero-order valence-electron chi connectivity index (χ0n) is 19.3. The lowest BCUT2D eigenvalue weighted by molar-refractivity contribution is -0.00805. The number of ether oxygens (including phenoxy) is 1. The van der Waals surface area contributed by atoms with Crippen molar-refractivity contribution in [3.05, 3.63) is 53.3 Å². The SMILES string of the molecule is CCNC(=NCc1ccc(CN(CC)CC)cc1)N1CCOC(c2cnn(C)c2)C1.I. The van der Waals surface area contributed by atoms with E-state index in [-0.39, 0.29) is 30.1 Å². The quantitative estimate of drug-likeness (QED) is 0.316. The number of hydrogen-bond donors (Lipinski definition) is 1. The number of guanidine groups is 1. The summed E-state index contributed by atoms with van der Waals surface area (Å²) in [6.45, 7) is 13.5. The second kappa shape index (κ2) is 13.0. The molecule has 1 aromatic heterocycles. The van der Waals surface area contributed by atoms with E-state index < -0.39 is 0 Å². The van der Waals surface area contributed by atoms with E-state index in [2.05, 4.69) is 65.3 Å². The summed E-state index contributed by atoms with van der Waals surface area (Å²) < 4.78 is 7.80. The van der Waals surface area contributed by atoms with Gasteiger partial charge in [0.2, 0.25) is 0 Å². The topological polar surface area (TPSA) is 57.9 Å². The third-order valence-corrected chi connectivity index (χ3v) is 5.53. The molecule has 8 heteroatoms. The molecule has 0 spiro atoms. The van der Waals surface area contributed by atoms with Crippen molar-refractivity contribution in [2.45, 2.75) is 40.0 Å². The van der Waals surface area contributed by atoms with Crippen LogP contribution in [0.1, 0.15) is 43.6 Å². The van der Waals surface area contributed by atoms with Crippen LogP contribution in [0.2, 0.25) is 0 Å². The fourth-order valence-corrected chi connectivity index (χ4v) is 3.70. The monoisotopic (exact) mass is 540 g/mol. The van der Waals surface area contributed by atoms with Crippen molar-refractivity contribution >= 4 is 29.9 Å². The smallest absolute Gasteiger partial charge is 0.194 e. The second-order valence-corrected chi connectivity index (χ2v) is 7.70. The predicted octanol–water partition coefficient (Wildman–Crippen LogP) is 3.42. The van der Waals surface area contributed by atoms with Crippen LogP contribution in [0.4, 0.5) is 0 Å². The standard InChI is InChI=1S/C23H36N6O.HI/c1-5-24-23(29-12-13-30-22(18-29)21-15-26-27(4)17-21)25-14-19-8-10-20(11-9-19)16-28(6-2)7-3;/h8-11,15,17,22H,5-7,12-14,16,18H2,1-4H3,(H,24,25);1H. The second-order valence-electron chi connectivity index (χ2n) is 7.70. The summed E-state index contributed by atoms with van der Waals surface area (Å²) in [7, 11) is 1.93. The molecule has 0 saturated carbocycles. The molecular weight excluding hydrogens is 503 g/mol. The van der Waals surface area contributed by atoms with Crippen molar-refractivity contribution in [1.82, 2.24) is 24.9 Å². The summed E-state index contributed by atoms with van der Waals surface area (Å²) in [6.07, 6.45) is 3.94. The van der Waals surface area contributed by atoms with Crippen molar-refractivity contribution in [3.8, 4) is 0 Å². The van der Waals surface area contributed by atoms with Gasteiger partial charge in [-0.3, -0.25) is 9.58 Å². The van der Waals surface area contributed by atoms with Crippen LogP contribution in [0.5, 0.6) is 0 Å². The Balaban J connectivity index is 0.00000341. The maximum atomic E-state index is 5.98. The van der Waals surface area contributed by atoms with E-state index >= 15 is 0 Å². The van der Waals surface area contributed by atoms with Gasteiger partial charge in [-0.1, -0.05) is 38.1 Å². The highest BCUT2D eigenvalue weighted by Gasteiger charge is 2.25. The van der Waals surface area contributed by atoms with Gasteiger partial charge in [0.15, 0.2) is 5.96 Å². The Morgan fingerprint density at radius 1 is 1.19 bits per heavy atom. The molecule has 1 N–H and O–H groups in total. The van der Waals surface area contributed by atoms with Crippen LogP contribution < -0.4 is 5.32 Å². The minimum Gasteiger partial charge on any atom is -0.370 e. The van der Waals surface area contributed by atoms with Gasteiger partial charge in [-0.05, 0) is 31.1 Å². The Bertz CT molecular complexity index is 803. The molecule has 2 heterocycles. The van der Waals surface area contributed by atoms with Gasteiger partial charge in [-0.25, -0.2) is 4.99 Å². The number of morpholine rings is 1. The van der Waals surface area contributed by atoms with Crippen molar-refractivity contribution in [1.29, 1.82) is 0 Å². The van der Waals surface area contributed by atoms with Crippen LogP contribution in [0, 0.1) is 0 Å². The average molecular weight is 540 g/mol. The van der Waals surface area contributed by atoms with Gasteiger partial charge >= 0.3 is 0 Å². The molecule has 3 rings (SSSR count). The third-order valence-electron chi connectivity index (χ3n) is 5.53. The maximum absolute atomic E-state index is 5.98. The van der Waals surface area contributed by atoms with E-state index in [1.54, 1.807) is 0 Å². The Kier molecular flexibility index (Phi) is 10.8. The first-order valence-electron chi connectivity index (χ1n) is 11.1. The van der Waals surface area contributed by atoms with Crippen LogP contribution in [0.15, 0.2) is 41.7 Å². The molecule has 1 unspecified atom stereocenters. The molecule has 1 saturated heterocycles. The predicted molar refractivity (Wildman–Crippen MR) is 137 cm³/mol. The minimum absolute atomic E-state index is 0. The van der Waals surface area contributed by atoms with Gasteiger partial charge in [0.1, 0.15) is 6.10 Å². The summed E-state index contributed by atoms with van der Waals surface area (Å²) in [4.78, 5) is 9.62. The van der Waals surface area contributed by atoms with E-state index in [1.165, 1.54) is 11.1 Å². The van der Waals surface area contributed by atoms with Gasteiger partial charge < -0.3 is 15.0 Å². The zero-order valence-corrected chi connectivity index (χ0v) is 21.6. The lowest BCUT2D eigenvalue weighted by Gasteiger charge is -2.34. The molecule has 2 aromatic rings. The number of halogens is 1. The van der Waals surface area contributed by atoms with E-state index in [0.29, 0.717) is 13.2 Å². The molecule has 0 bridgehead atoms. The third kappa shape index (κ3) is 7.47. The molecule has 1 fully saturated rings. The highest BCUT2D eigenvalue weighted by atomic mass is 127. The van der Waals surface area contributed by atoms with Gasteiger partial charge in [-0.2, -0.15) is 5.10 Å². The Morgan fingerprint density at radius 3 is 2.52 bits per heavy atom. The Labute approximate surface area is 203 Å². The van der Waals surface area contributed by atoms with Crippen molar-refractivity contribution in [2.75, 3.05) is 39.3 Å². The number of aryl methyl sites for hydroxylation is 1. The van der Waals surface area contributed by atoms with Gasteiger partial charge in [-0.15, -0.1) is 24.0 Å². The van der Waals surface area contributed by atoms with Crippen LogP contribution in [0.25, 0.3) is 0 Å². The fourth-order valence-electron chi connectivity index (χ4n) is 3.70. The first kappa shape index (κ1) is 25.6. The van der Waals surface area contributed by atoms with Crippen LogP contribution in [-0.2, 0) is 24.9 Å². The number of nitrogens with one attached hydrogen (secondary N) is 1. The van der Waals surface area contributed by atoms with E-state index in [0.717, 1.165) is 50.8 Å². The maximum Gasteiger partial charge on any atom is 0.194 e. The number of nitrogens with zero attached hydrogens (tertiary/aromatic N) is 5. The number of rotatable bonds is 8. The zero-order chi connectivity index (χ0) is 21.3. The van der Waals surface area contributed by atoms with Crippen LogP contribution in [-0.4, -0.2) is 64.9 Å². The average Bonchev–Trinajstić information content (AvgIpc) is 3.22. The van der Waals surface area contributed by atoms with Crippen molar-refractivity contribution < 1.29 is 4.74 Å². The lowest BCUT2D eigenvalue weighted by atomic mass is 10.1. The highest BCUT2D eigenvalue weighted by Crippen LogP contribution is 2.21. The van der Waals surface area contributed by atoms with E-state index in [4.69, 9.17) is 9.73 Å². The molecule has 0 radical (unpaired) electrons. The summed E-state index contributed by atoms with van der Waals surface area (Å²) in [5, 5.41) is 7.72. The molecule has 1 aliphatic rings. The molecular formula is C23H37IN6O. The molecule has 1 aliphatic heterocycles. The Hall–Kier alpha value is -1.65. The van der Waals surface area contributed by atoms with Gasteiger partial charge in [0.05, 0.1) is 25.9 Å². The van der Waals surface area contributed by atoms with Crippen LogP contribution >= 0.6 is 24.0 Å². The molecule has 0 amide bonds. The summed E-state index contributed by atoms with van der Waals surface area (Å²) in [5.74, 6) is 0.946. The summed E-state index contributed by atoms with van der Waals surface area (Å²) >= 11 is 0. The molecule has 7 nitrogen and oxygen atoms in total. The minimum atomic E-state index is 0. The van der Waals surface area contributed by atoms with Gasteiger partial charge in [0.25, 0.3) is 0 Å². The van der Waals surface area contributed by atoms with E-state index in [9.17, 15) is 0 Å². The Morgan fingerprint density at radius 2 is 1.90 bits per heavy atom. The fraction of sp³-hybridized carbons (Fsp3) is 0.565. The number of hydrogen-bond acceptors (Lipinski definition) is 4. The summed E-state index contributed by atoms with van der Waals surface area (Å²) in [6, 6.07) is 8.85. The summed E-state index contributed by atoms with van der Waals surface area (Å²) in [5.41, 5.74) is 3.69. The van der Waals surface area contributed by atoms with Crippen LogP contribution in [0.3, 0.4) is 0 Å². The first-order chi connectivity index (χ1) is 14.6. The normalized spacial score (nSPS) is 17.0. The number of aliphatic imine (C=N–C) groups is 1. The van der Waals surface area contributed by atoms with Crippen molar-refractivity contribution in [3.63, 3.8) is 0 Å². The highest BCUT2D eigenvalue weighted by molar-refractivity contribution is 14.0. The van der Waals surface area contributed by atoms with Crippen molar-refractivity contribution in [2.24, 2.45) is 12.0 Å². The molecule has 31 heavy (non-hydrogen) atoms. The molecule has 1 atom stereocenters. The first-order valence-corrected chi connectivity index (χ1v) is 11.1. The number of aromatic nitrogens is 2. The number of benzene rings is 1. The molecule has 1 aromatic carbocycles. The molecule has 0 aliphatic carbocycles. The van der Waals surface area contributed by atoms with E-state index in [1.807, 2.05) is 24.1 Å². The van der Waals surface area contributed by atoms with Gasteiger partial charge in [0, 0.05) is 38.4 Å². The molecule has 172 valence electrons. The lowest BCUT2D eigenvalue weighted by Crippen LogP contribution is -2.48.